The highest BCUT2D eigenvalue weighted by Gasteiger charge is 2.44. The summed E-state index contributed by atoms with van der Waals surface area (Å²) in [5, 5.41) is 17.9. The lowest BCUT2D eigenvalue weighted by atomic mass is 10.1. The van der Waals surface area contributed by atoms with E-state index in [4.69, 9.17) is 21.3 Å². The number of aromatic nitrogens is 7. The summed E-state index contributed by atoms with van der Waals surface area (Å²) in [5.74, 6) is 2.57. The maximum atomic E-state index is 10.1. The van der Waals surface area contributed by atoms with Gasteiger partial charge in [-0.05, 0) is 37.1 Å². The highest BCUT2D eigenvalue weighted by Crippen LogP contribution is 2.40. The number of benzene rings is 1. The van der Waals surface area contributed by atoms with Crippen LogP contribution >= 0.6 is 11.6 Å². The molecule has 1 aliphatic carbocycles. The van der Waals surface area contributed by atoms with E-state index in [1.807, 2.05) is 6.07 Å². The first-order chi connectivity index (χ1) is 17.6. The standard InChI is InChI=1S/C24H20ClN9O2/c25-17-6-14(1-2-20(17)36-16-3-4-34-21(8-16)28-12-30-34)31-23-22-18(27-11-29-23)9-26-24(32-22)33-10-13-5-15(33)7-19(13)35/h1-4,6,8-9,11-13,15,19,35H,5,7,10H2,(H,27,29,31)/t13-,15-,19-/m0/s1. The highest BCUT2D eigenvalue weighted by molar-refractivity contribution is 6.32. The van der Waals surface area contributed by atoms with Crippen molar-refractivity contribution in [1.82, 2.24) is 34.5 Å². The van der Waals surface area contributed by atoms with Gasteiger partial charge in [0.2, 0.25) is 5.95 Å². The van der Waals surface area contributed by atoms with Crippen molar-refractivity contribution in [3.63, 3.8) is 0 Å². The number of fused-ring (bicyclic) bond motifs is 4. The SMILES string of the molecule is O[C@H]1C[C@@H]2C[C@H]1CN2c1ncc2ncnc(Nc3ccc(Oc4ccn5ncnc5c4)c(Cl)c3)c2n1. The summed E-state index contributed by atoms with van der Waals surface area (Å²) in [7, 11) is 0. The third-order valence-electron chi connectivity index (χ3n) is 6.80. The van der Waals surface area contributed by atoms with Gasteiger partial charge in [0.15, 0.2) is 11.5 Å². The van der Waals surface area contributed by atoms with E-state index in [0.29, 0.717) is 45.0 Å². The molecule has 11 nitrogen and oxygen atoms in total. The second-order valence-electron chi connectivity index (χ2n) is 9.03. The van der Waals surface area contributed by atoms with Crippen LogP contribution in [0.25, 0.3) is 16.7 Å². The molecule has 0 spiro atoms. The second-order valence-corrected chi connectivity index (χ2v) is 9.44. The third-order valence-corrected chi connectivity index (χ3v) is 7.10. The molecular formula is C24H20ClN9O2. The van der Waals surface area contributed by atoms with Crippen molar-refractivity contribution in [2.45, 2.75) is 25.0 Å². The number of hydrogen-bond donors (Lipinski definition) is 2. The van der Waals surface area contributed by atoms with E-state index in [1.54, 1.807) is 41.2 Å². The minimum atomic E-state index is -0.227. The van der Waals surface area contributed by atoms with Gasteiger partial charge in [0.25, 0.3) is 0 Å². The van der Waals surface area contributed by atoms with Crippen LogP contribution in [0, 0.1) is 5.92 Å². The fraction of sp³-hybridized carbons (Fsp3) is 0.250. The van der Waals surface area contributed by atoms with Crippen molar-refractivity contribution in [1.29, 1.82) is 0 Å². The van der Waals surface area contributed by atoms with Crippen LogP contribution in [0.4, 0.5) is 17.5 Å². The molecule has 7 rings (SSSR count). The molecular weight excluding hydrogens is 482 g/mol. The minimum absolute atomic E-state index is 0.227. The Morgan fingerprint density at radius 3 is 2.83 bits per heavy atom. The van der Waals surface area contributed by atoms with Crippen LogP contribution in [0.15, 0.2) is 55.4 Å². The fourth-order valence-corrected chi connectivity index (χ4v) is 5.25. The summed E-state index contributed by atoms with van der Waals surface area (Å²) >= 11 is 6.54. The molecule has 0 radical (unpaired) electrons. The van der Waals surface area contributed by atoms with Crippen LogP contribution in [0.1, 0.15) is 12.8 Å². The van der Waals surface area contributed by atoms with E-state index in [9.17, 15) is 5.11 Å². The summed E-state index contributed by atoms with van der Waals surface area (Å²) in [5.41, 5.74) is 2.65. The maximum absolute atomic E-state index is 10.1. The van der Waals surface area contributed by atoms with E-state index in [-0.39, 0.29) is 18.1 Å². The summed E-state index contributed by atoms with van der Waals surface area (Å²) in [6.45, 7) is 0.759. The lowest BCUT2D eigenvalue weighted by molar-refractivity contribution is 0.126. The molecule has 1 saturated heterocycles. The molecule has 2 bridgehead atoms. The van der Waals surface area contributed by atoms with Crippen molar-refractivity contribution >= 4 is 45.7 Å². The molecule has 0 unspecified atom stereocenters. The molecule has 5 heterocycles. The normalized spacial score (nSPS) is 20.9. The highest BCUT2D eigenvalue weighted by atomic mass is 35.5. The van der Waals surface area contributed by atoms with E-state index < -0.39 is 0 Å². The van der Waals surface area contributed by atoms with Crippen LogP contribution in [-0.4, -0.2) is 58.3 Å². The molecule has 5 aromatic rings. The Labute approximate surface area is 209 Å². The van der Waals surface area contributed by atoms with Crippen LogP contribution in [0.3, 0.4) is 0 Å². The predicted octanol–water partition coefficient (Wildman–Crippen LogP) is 3.61. The van der Waals surface area contributed by atoms with Crippen molar-refractivity contribution in [3.05, 3.63) is 60.4 Å². The zero-order chi connectivity index (χ0) is 24.2. The lowest BCUT2D eigenvalue weighted by Gasteiger charge is -2.29. The second kappa shape index (κ2) is 8.25. The fourth-order valence-electron chi connectivity index (χ4n) is 5.03. The van der Waals surface area contributed by atoms with Gasteiger partial charge < -0.3 is 20.1 Å². The number of anilines is 3. The van der Waals surface area contributed by atoms with Gasteiger partial charge in [-0.3, -0.25) is 0 Å². The Morgan fingerprint density at radius 1 is 1.06 bits per heavy atom. The van der Waals surface area contributed by atoms with Crippen LogP contribution < -0.4 is 15.0 Å². The molecule has 2 N–H and O–H groups in total. The predicted molar refractivity (Wildman–Crippen MR) is 133 cm³/mol. The van der Waals surface area contributed by atoms with E-state index in [1.165, 1.54) is 12.7 Å². The third kappa shape index (κ3) is 3.64. The zero-order valence-corrected chi connectivity index (χ0v) is 19.6. The quantitative estimate of drug-likeness (QED) is 0.368. The van der Waals surface area contributed by atoms with Crippen molar-refractivity contribution < 1.29 is 9.84 Å². The van der Waals surface area contributed by atoms with Gasteiger partial charge in [-0.15, -0.1) is 0 Å². The average Bonchev–Trinajstić information content (AvgIpc) is 3.61. The maximum Gasteiger partial charge on any atom is 0.226 e. The number of rotatable bonds is 5. The summed E-state index contributed by atoms with van der Waals surface area (Å²) in [4.78, 5) is 24.4. The van der Waals surface area contributed by atoms with Gasteiger partial charge in [0.05, 0.1) is 17.3 Å². The first-order valence-corrected chi connectivity index (χ1v) is 11.9. The Hall–Kier alpha value is -4.09. The molecule has 4 aromatic heterocycles. The van der Waals surface area contributed by atoms with Crippen LogP contribution in [0.2, 0.25) is 5.02 Å². The van der Waals surface area contributed by atoms with E-state index >= 15 is 0 Å². The monoisotopic (exact) mass is 501 g/mol. The number of hydrogen-bond acceptors (Lipinski definition) is 10. The summed E-state index contributed by atoms with van der Waals surface area (Å²) < 4.78 is 7.61. The first-order valence-electron chi connectivity index (χ1n) is 11.6. The number of aliphatic hydroxyl groups is 1. The van der Waals surface area contributed by atoms with Gasteiger partial charge in [-0.25, -0.2) is 29.4 Å². The van der Waals surface area contributed by atoms with E-state index in [0.717, 1.165) is 25.1 Å². The molecule has 36 heavy (non-hydrogen) atoms. The van der Waals surface area contributed by atoms with Crippen LogP contribution in [-0.2, 0) is 0 Å². The molecule has 2 aliphatic rings. The Balaban J connectivity index is 1.14. The molecule has 1 aromatic carbocycles. The number of nitrogens with zero attached hydrogens (tertiary/aromatic N) is 8. The largest absolute Gasteiger partial charge is 0.456 e. The van der Waals surface area contributed by atoms with Gasteiger partial charge in [-0.1, -0.05) is 11.6 Å². The molecule has 2 fully saturated rings. The Bertz CT molecular complexity index is 1610. The number of halogens is 1. The zero-order valence-electron chi connectivity index (χ0n) is 18.9. The number of aliphatic hydroxyl groups excluding tert-OH is 1. The van der Waals surface area contributed by atoms with E-state index in [2.05, 4.69) is 35.3 Å². The van der Waals surface area contributed by atoms with Gasteiger partial charge in [0.1, 0.15) is 35.2 Å². The van der Waals surface area contributed by atoms with Crippen molar-refractivity contribution in [2.24, 2.45) is 5.92 Å². The summed E-state index contributed by atoms with van der Waals surface area (Å²) in [6, 6.07) is 9.25. The Morgan fingerprint density at radius 2 is 2.00 bits per heavy atom. The topological polar surface area (TPSA) is 126 Å². The lowest BCUT2D eigenvalue weighted by Crippen LogP contribution is -2.38. The van der Waals surface area contributed by atoms with Gasteiger partial charge >= 0.3 is 0 Å². The smallest absolute Gasteiger partial charge is 0.226 e. The number of ether oxygens (including phenoxy) is 1. The molecule has 0 amide bonds. The summed E-state index contributed by atoms with van der Waals surface area (Å²) in [6.07, 6.45) is 7.94. The minimum Gasteiger partial charge on any atom is -0.456 e. The average molecular weight is 502 g/mol. The number of piperidine rings is 1. The van der Waals surface area contributed by atoms with Gasteiger partial charge in [-0.2, -0.15) is 5.10 Å². The Kier molecular flexibility index (Phi) is 4.86. The van der Waals surface area contributed by atoms with Crippen LogP contribution in [0.5, 0.6) is 11.5 Å². The molecule has 3 atom stereocenters. The first kappa shape index (κ1) is 21.2. The number of pyridine rings is 1. The molecule has 12 heteroatoms. The number of nitrogens with one attached hydrogen (secondary N) is 1. The molecule has 180 valence electrons. The van der Waals surface area contributed by atoms with Crippen molar-refractivity contribution in [2.75, 3.05) is 16.8 Å². The molecule has 1 aliphatic heterocycles. The van der Waals surface area contributed by atoms with Crippen molar-refractivity contribution in [3.8, 4) is 11.5 Å². The van der Waals surface area contributed by atoms with Gasteiger partial charge in [0, 0.05) is 36.5 Å². The molecule has 1 saturated carbocycles.